The Hall–Kier alpha value is -2.34. The van der Waals surface area contributed by atoms with Crippen molar-refractivity contribution >= 4 is 35.0 Å². The summed E-state index contributed by atoms with van der Waals surface area (Å²) in [7, 11) is 0. The number of carbonyl (C=O) groups excluding carboxylic acids is 4. The molecule has 3 aliphatic rings. The highest BCUT2D eigenvalue weighted by Gasteiger charge is 2.52. The molecule has 190 valence electrons. The van der Waals surface area contributed by atoms with E-state index in [0.717, 1.165) is 4.90 Å². The van der Waals surface area contributed by atoms with Crippen molar-refractivity contribution in [2.75, 3.05) is 13.2 Å². The Kier molecular flexibility index (Phi) is 7.07. The first-order valence-corrected chi connectivity index (χ1v) is 12.9. The Bertz CT molecular complexity index is 1050. The minimum Gasteiger partial charge on any atom is -0.598 e. The molecule has 2 fully saturated rings. The predicted octanol–water partition coefficient (Wildman–Crippen LogP) is 1.85. The molecule has 3 atom stereocenters. The van der Waals surface area contributed by atoms with Gasteiger partial charge in [0, 0.05) is 37.0 Å². The van der Waals surface area contributed by atoms with Crippen molar-refractivity contribution in [1.82, 2.24) is 14.9 Å². The zero-order valence-electron chi connectivity index (χ0n) is 20.0. The summed E-state index contributed by atoms with van der Waals surface area (Å²) in [6, 6.07) is 3.20. The van der Waals surface area contributed by atoms with Gasteiger partial charge in [-0.3, -0.25) is 24.6 Å². The molecule has 9 nitrogen and oxygen atoms in total. The summed E-state index contributed by atoms with van der Waals surface area (Å²) in [6.45, 7) is 6.03. The van der Waals surface area contributed by atoms with Gasteiger partial charge in [-0.1, -0.05) is 12.1 Å². The van der Waals surface area contributed by atoms with Crippen LogP contribution in [0.5, 0.6) is 0 Å². The molecular formula is C24H30FN3O6S. The molecule has 4 rings (SSSR count). The van der Waals surface area contributed by atoms with Gasteiger partial charge in [0.25, 0.3) is 5.91 Å². The quantitative estimate of drug-likeness (QED) is 0.444. The Labute approximate surface area is 206 Å². The van der Waals surface area contributed by atoms with Crippen LogP contribution in [-0.4, -0.2) is 57.1 Å². The van der Waals surface area contributed by atoms with E-state index in [9.17, 15) is 28.1 Å². The molecule has 1 aromatic rings. The number of nitrogens with one attached hydrogen (secondary N) is 2. The summed E-state index contributed by atoms with van der Waals surface area (Å²) in [5.41, 5.74) is -0.320. The lowest BCUT2D eigenvalue weighted by atomic mass is 9.83. The molecule has 2 N–H and O–H groups in total. The fraction of sp³-hybridized carbons (Fsp3) is 0.583. The Morgan fingerprint density at radius 2 is 1.97 bits per heavy atom. The van der Waals surface area contributed by atoms with Gasteiger partial charge in [-0.15, -0.1) is 4.72 Å². The number of urea groups is 1. The first-order valence-electron chi connectivity index (χ1n) is 11.7. The number of hydrogen-bond donors (Lipinski definition) is 2. The van der Waals surface area contributed by atoms with Gasteiger partial charge in [0.2, 0.25) is 5.91 Å². The van der Waals surface area contributed by atoms with Gasteiger partial charge < -0.3 is 9.29 Å². The number of ether oxygens (including phenoxy) is 1. The number of carbonyl (C=O) groups is 4. The van der Waals surface area contributed by atoms with Crippen LogP contribution < -0.4 is 10.0 Å². The number of hydrogen-bond acceptors (Lipinski definition) is 7. The normalized spacial score (nSPS) is 26.5. The monoisotopic (exact) mass is 507 g/mol. The number of ketones is 1. The molecule has 0 aromatic heterocycles. The molecule has 2 heterocycles. The SMILES string of the molecule is CC(C)(C)[S+]([O-])N[C@@]1(CC(=O)[C@H]2C(=O)NC(=O)N(C3CCOCC3)C2=O)CCc2c(F)cccc21. The number of Topliss-reactive ketones (excluding diaryl/α,β-unsaturated/α-hetero) is 1. The van der Waals surface area contributed by atoms with Crippen molar-refractivity contribution in [2.24, 2.45) is 5.92 Å². The average molecular weight is 508 g/mol. The van der Waals surface area contributed by atoms with Crippen LogP contribution in [0.4, 0.5) is 9.18 Å². The molecule has 0 radical (unpaired) electrons. The van der Waals surface area contributed by atoms with Crippen LogP contribution in [0.3, 0.4) is 0 Å². The zero-order valence-corrected chi connectivity index (χ0v) is 20.8. The van der Waals surface area contributed by atoms with Crippen LogP contribution in [0.25, 0.3) is 0 Å². The maximum absolute atomic E-state index is 14.6. The largest absolute Gasteiger partial charge is 0.598 e. The molecule has 4 amide bonds. The lowest BCUT2D eigenvalue weighted by molar-refractivity contribution is -0.150. The second kappa shape index (κ2) is 9.61. The summed E-state index contributed by atoms with van der Waals surface area (Å²) in [4.78, 5) is 53.0. The highest BCUT2D eigenvalue weighted by atomic mass is 32.2. The number of barbiturate groups is 1. The Morgan fingerprint density at radius 3 is 2.63 bits per heavy atom. The smallest absolute Gasteiger partial charge is 0.331 e. The summed E-state index contributed by atoms with van der Waals surface area (Å²) >= 11 is -1.62. The van der Waals surface area contributed by atoms with E-state index in [1.54, 1.807) is 26.8 Å². The first-order chi connectivity index (χ1) is 16.4. The highest BCUT2D eigenvalue weighted by molar-refractivity contribution is 7.90. The molecule has 1 aromatic carbocycles. The lowest BCUT2D eigenvalue weighted by Gasteiger charge is -2.38. The van der Waals surface area contributed by atoms with E-state index in [1.165, 1.54) is 12.1 Å². The third-order valence-corrected chi connectivity index (χ3v) is 8.52. The van der Waals surface area contributed by atoms with Crippen LogP contribution in [0, 0.1) is 11.7 Å². The van der Waals surface area contributed by atoms with E-state index >= 15 is 0 Å². The summed E-state index contributed by atoms with van der Waals surface area (Å²) in [5, 5.41) is 2.14. The fourth-order valence-corrected chi connectivity index (χ4v) is 5.90. The number of benzene rings is 1. The number of amides is 4. The van der Waals surface area contributed by atoms with Gasteiger partial charge in [-0.25, -0.2) is 9.18 Å². The van der Waals surface area contributed by atoms with Gasteiger partial charge in [-0.2, -0.15) is 0 Å². The number of imide groups is 2. The number of halogens is 1. The Morgan fingerprint density at radius 1 is 1.29 bits per heavy atom. The third kappa shape index (κ3) is 4.87. The molecule has 0 spiro atoms. The van der Waals surface area contributed by atoms with Crippen molar-refractivity contribution < 1.29 is 32.9 Å². The van der Waals surface area contributed by atoms with Gasteiger partial charge >= 0.3 is 6.03 Å². The van der Waals surface area contributed by atoms with E-state index in [4.69, 9.17) is 4.74 Å². The summed E-state index contributed by atoms with van der Waals surface area (Å²) < 4.78 is 35.3. The van der Waals surface area contributed by atoms with E-state index in [-0.39, 0.29) is 12.8 Å². The Balaban J connectivity index is 1.65. The molecule has 1 aliphatic carbocycles. The van der Waals surface area contributed by atoms with Crippen molar-refractivity contribution in [2.45, 2.75) is 69.2 Å². The molecule has 35 heavy (non-hydrogen) atoms. The molecule has 1 unspecified atom stereocenters. The van der Waals surface area contributed by atoms with Gasteiger partial charge in [-0.05, 0) is 63.6 Å². The minimum atomic E-state index is -1.71. The van der Waals surface area contributed by atoms with Crippen LogP contribution in [0.1, 0.15) is 57.6 Å². The van der Waals surface area contributed by atoms with Crippen LogP contribution in [0.2, 0.25) is 0 Å². The third-order valence-electron chi connectivity index (χ3n) is 6.83. The zero-order chi connectivity index (χ0) is 25.5. The number of nitrogens with zero attached hydrogens (tertiary/aromatic N) is 1. The number of rotatable bonds is 6. The summed E-state index contributed by atoms with van der Waals surface area (Å²) in [5.74, 6) is -4.69. The first kappa shape index (κ1) is 25.7. The summed E-state index contributed by atoms with van der Waals surface area (Å²) in [6.07, 6.45) is 1.04. The number of fused-ring (bicyclic) bond motifs is 1. The van der Waals surface area contributed by atoms with Crippen molar-refractivity contribution in [1.29, 1.82) is 0 Å². The molecule has 11 heteroatoms. The molecule has 2 aliphatic heterocycles. The maximum atomic E-state index is 14.6. The van der Waals surface area contributed by atoms with Gasteiger partial charge in [0.15, 0.2) is 11.7 Å². The van der Waals surface area contributed by atoms with E-state index in [1.807, 2.05) is 0 Å². The molecule has 2 saturated heterocycles. The minimum absolute atomic E-state index is 0.266. The van der Waals surface area contributed by atoms with Gasteiger partial charge in [0.05, 0.1) is 5.54 Å². The topological polar surface area (TPSA) is 128 Å². The molecule has 0 saturated carbocycles. The molecule has 0 bridgehead atoms. The van der Waals surface area contributed by atoms with E-state index < -0.39 is 63.1 Å². The standard InChI is InChI=1S/C24H30FN3O6S/c1-23(2,3)35(33)27-24(10-7-15-16(24)5-4-6-17(15)25)13-18(29)19-20(30)26-22(32)28(21(19)31)14-8-11-34-12-9-14/h4-6,14,19,27H,7-13H2,1-3H3,(H,26,30,32)/t19-,24+,35?/m0/s1. The van der Waals surface area contributed by atoms with Crippen LogP contribution >= 0.6 is 0 Å². The second-order valence-corrected chi connectivity index (χ2v) is 12.2. The lowest BCUT2D eigenvalue weighted by Crippen LogP contribution is -2.63. The van der Waals surface area contributed by atoms with E-state index in [2.05, 4.69) is 10.0 Å². The van der Waals surface area contributed by atoms with Crippen LogP contribution in [0.15, 0.2) is 18.2 Å². The van der Waals surface area contributed by atoms with Gasteiger partial charge in [0.1, 0.15) is 10.6 Å². The van der Waals surface area contributed by atoms with Crippen molar-refractivity contribution in [3.8, 4) is 0 Å². The van der Waals surface area contributed by atoms with Crippen molar-refractivity contribution in [3.05, 3.63) is 35.1 Å². The second-order valence-electron chi connectivity index (χ2n) is 10.3. The predicted molar refractivity (Wildman–Crippen MR) is 125 cm³/mol. The fourth-order valence-electron chi connectivity index (χ4n) is 4.95. The highest BCUT2D eigenvalue weighted by Crippen LogP contribution is 2.43. The van der Waals surface area contributed by atoms with Crippen LogP contribution in [-0.2, 0) is 42.4 Å². The van der Waals surface area contributed by atoms with Crippen molar-refractivity contribution in [3.63, 3.8) is 0 Å². The maximum Gasteiger partial charge on any atom is 0.331 e. The average Bonchev–Trinajstić information content (AvgIpc) is 3.12. The molecular weight excluding hydrogens is 477 g/mol. The van der Waals surface area contributed by atoms with E-state index in [0.29, 0.717) is 43.6 Å².